The number of fused-ring (bicyclic) bond motifs is 1. The van der Waals surface area contributed by atoms with Crippen LogP contribution in [0.5, 0.6) is 11.6 Å². The molecule has 2 aromatic carbocycles. The summed E-state index contributed by atoms with van der Waals surface area (Å²) in [5, 5.41) is 11.3. The number of unbranched alkanes of at least 4 members (excludes halogenated alkanes) is 1. The number of halogens is 3. The van der Waals surface area contributed by atoms with Gasteiger partial charge in [-0.3, -0.25) is 4.79 Å². The first kappa shape index (κ1) is 27.8. The molecule has 38 heavy (non-hydrogen) atoms. The molecule has 0 saturated carbocycles. The number of pyridine rings is 1. The summed E-state index contributed by atoms with van der Waals surface area (Å²) in [4.78, 5) is 16.7. The Morgan fingerprint density at radius 3 is 2.71 bits per heavy atom. The first-order valence-corrected chi connectivity index (χ1v) is 12.8. The molecule has 0 saturated heterocycles. The van der Waals surface area contributed by atoms with Crippen LogP contribution in [-0.4, -0.2) is 49.4 Å². The number of amides is 1. The number of benzene rings is 2. The minimum atomic E-state index is -0.992. The Balaban J connectivity index is 1.96. The number of aromatic nitrogens is 1. The predicted molar refractivity (Wildman–Crippen MR) is 141 cm³/mol. The van der Waals surface area contributed by atoms with Crippen LogP contribution >= 0.6 is 11.6 Å². The van der Waals surface area contributed by atoms with Crippen molar-refractivity contribution in [3.05, 3.63) is 75.9 Å². The Labute approximate surface area is 224 Å². The Bertz CT molecular complexity index is 1310. The topological polar surface area (TPSA) is 107 Å². The van der Waals surface area contributed by atoms with Crippen molar-refractivity contribution in [1.82, 2.24) is 10.3 Å². The van der Waals surface area contributed by atoms with E-state index in [1.807, 2.05) is 30.3 Å². The number of carbonyl (C=O) groups is 1. The van der Waals surface area contributed by atoms with Crippen LogP contribution in [0.1, 0.15) is 40.7 Å². The van der Waals surface area contributed by atoms with Crippen molar-refractivity contribution in [2.45, 2.75) is 31.1 Å². The molecule has 0 radical (unpaired) electrons. The molecule has 0 fully saturated rings. The second-order valence-electron chi connectivity index (χ2n) is 9.20. The SMILES string of the molecule is CNC(=O)c1cnc(OCCO)c(F)c1-c1c(Cl)c(F)cc2c1CC(CCCCN)(c1ccccc1)CO2. The summed E-state index contributed by atoms with van der Waals surface area (Å²) in [6.07, 6.45) is 3.85. The molecule has 10 heteroatoms. The van der Waals surface area contributed by atoms with Crippen molar-refractivity contribution in [2.24, 2.45) is 5.73 Å². The third kappa shape index (κ3) is 5.32. The van der Waals surface area contributed by atoms with Crippen molar-refractivity contribution in [2.75, 3.05) is 33.4 Å². The maximum atomic E-state index is 16.0. The lowest BCUT2D eigenvalue weighted by Crippen LogP contribution is -2.39. The van der Waals surface area contributed by atoms with Crippen LogP contribution in [0, 0.1) is 11.6 Å². The molecule has 7 nitrogen and oxygen atoms in total. The van der Waals surface area contributed by atoms with Crippen LogP contribution in [0.25, 0.3) is 11.1 Å². The van der Waals surface area contributed by atoms with Crippen LogP contribution in [0.4, 0.5) is 8.78 Å². The summed E-state index contributed by atoms with van der Waals surface area (Å²) >= 11 is 6.53. The van der Waals surface area contributed by atoms with E-state index in [-0.39, 0.29) is 47.3 Å². The largest absolute Gasteiger partial charge is 0.492 e. The van der Waals surface area contributed by atoms with Crippen molar-refractivity contribution in [1.29, 1.82) is 0 Å². The van der Waals surface area contributed by atoms with E-state index in [1.54, 1.807) is 0 Å². The summed E-state index contributed by atoms with van der Waals surface area (Å²) in [5.41, 5.74) is 6.35. The third-order valence-corrected chi connectivity index (χ3v) is 7.21. The fourth-order valence-corrected chi connectivity index (χ4v) is 5.23. The summed E-state index contributed by atoms with van der Waals surface area (Å²) < 4.78 is 42.5. The molecule has 1 atom stereocenters. The highest BCUT2D eigenvalue weighted by molar-refractivity contribution is 6.34. The molecule has 2 heterocycles. The lowest BCUT2D eigenvalue weighted by atomic mass is 9.70. The Hall–Kier alpha value is -3.27. The van der Waals surface area contributed by atoms with Gasteiger partial charge in [0, 0.05) is 41.4 Å². The number of rotatable bonds is 10. The fraction of sp³-hybridized carbons (Fsp3) is 0.357. The highest BCUT2D eigenvalue weighted by Gasteiger charge is 2.40. The summed E-state index contributed by atoms with van der Waals surface area (Å²) in [6.45, 7) is 0.221. The number of nitrogens with one attached hydrogen (secondary N) is 1. The number of aliphatic hydroxyl groups excluding tert-OH is 1. The Morgan fingerprint density at radius 1 is 1.26 bits per heavy atom. The molecule has 4 rings (SSSR count). The zero-order valence-electron chi connectivity index (χ0n) is 21.0. The maximum absolute atomic E-state index is 16.0. The molecule has 0 bridgehead atoms. The van der Waals surface area contributed by atoms with Crippen LogP contribution in [0.3, 0.4) is 0 Å². The second kappa shape index (κ2) is 12.1. The van der Waals surface area contributed by atoms with E-state index in [9.17, 15) is 4.79 Å². The number of aliphatic hydroxyl groups is 1. The third-order valence-electron chi connectivity index (χ3n) is 6.84. The number of ether oxygens (including phenoxy) is 2. The number of carbonyl (C=O) groups excluding carboxylic acids is 1. The van der Waals surface area contributed by atoms with Gasteiger partial charge in [0.05, 0.1) is 23.8 Å². The monoisotopic (exact) mass is 545 g/mol. The van der Waals surface area contributed by atoms with E-state index in [4.69, 9.17) is 31.9 Å². The number of hydrogen-bond acceptors (Lipinski definition) is 6. The van der Waals surface area contributed by atoms with E-state index in [2.05, 4.69) is 10.3 Å². The summed E-state index contributed by atoms with van der Waals surface area (Å²) in [6, 6.07) is 11.0. The summed E-state index contributed by atoms with van der Waals surface area (Å²) in [7, 11) is 1.39. The highest BCUT2D eigenvalue weighted by atomic mass is 35.5. The first-order valence-electron chi connectivity index (χ1n) is 12.4. The molecule has 1 aliphatic rings. The predicted octanol–water partition coefficient (Wildman–Crippen LogP) is 4.41. The Kier molecular flexibility index (Phi) is 8.81. The van der Waals surface area contributed by atoms with Gasteiger partial charge < -0.3 is 25.6 Å². The van der Waals surface area contributed by atoms with Crippen molar-refractivity contribution >= 4 is 17.5 Å². The molecule has 1 aromatic heterocycles. The molecule has 1 aliphatic heterocycles. The number of hydrogen-bond donors (Lipinski definition) is 3. The van der Waals surface area contributed by atoms with Crippen LogP contribution in [-0.2, 0) is 11.8 Å². The van der Waals surface area contributed by atoms with Crippen molar-refractivity contribution < 1.29 is 28.2 Å². The highest BCUT2D eigenvalue weighted by Crippen LogP contribution is 2.49. The molecule has 3 aromatic rings. The average molecular weight is 546 g/mol. The van der Waals surface area contributed by atoms with Gasteiger partial charge in [-0.15, -0.1) is 0 Å². The fourth-order valence-electron chi connectivity index (χ4n) is 4.96. The smallest absolute Gasteiger partial charge is 0.253 e. The molecule has 0 spiro atoms. The normalized spacial score (nSPS) is 16.5. The standard InChI is InChI=1S/C28H30ClF2N3O4/c1-33-26(36)19-15-34-27(37-12-11-35)25(31)23(19)22-18-14-28(9-5-6-10-32,17-7-3-2-4-8-17)16-38-21(18)13-20(30)24(22)29/h2-4,7-8,13,15,35H,5-6,9-12,14,16,32H2,1H3,(H,33,36). The maximum Gasteiger partial charge on any atom is 0.253 e. The van der Waals surface area contributed by atoms with Gasteiger partial charge in [0.25, 0.3) is 11.8 Å². The van der Waals surface area contributed by atoms with Gasteiger partial charge in [-0.1, -0.05) is 48.4 Å². The van der Waals surface area contributed by atoms with Gasteiger partial charge in [0.1, 0.15) is 18.2 Å². The van der Waals surface area contributed by atoms with Crippen molar-refractivity contribution in [3.8, 4) is 22.8 Å². The molecular formula is C28H30ClF2N3O4. The van der Waals surface area contributed by atoms with Crippen LogP contribution < -0.4 is 20.5 Å². The lowest BCUT2D eigenvalue weighted by molar-refractivity contribution is 0.0962. The molecule has 0 aliphatic carbocycles. The van der Waals surface area contributed by atoms with Gasteiger partial charge in [0.15, 0.2) is 5.82 Å². The quantitative estimate of drug-likeness (QED) is 0.326. The van der Waals surface area contributed by atoms with Gasteiger partial charge in [-0.25, -0.2) is 13.8 Å². The second-order valence-corrected chi connectivity index (χ2v) is 9.58. The zero-order chi connectivity index (χ0) is 27.3. The zero-order valence-corrected chi connectivity index (χ0v) is 21.8. The van der Waals surface area contributed by atoms with Gasteiger partial charge in [-0.2, -0.15) is 0 Å². The Morgan fingerprint density at radius 2 is 2.03 bits per heavy atom. The number of nitrogens with zero attached hydrogens (tertiary/aromatic N) is 1. The first-order chi connectivity index (χ1) is 18.4. The van der Waals surface area contributed by atoms with E-state index in [0.29, 0.717) is 24.9 Å². The van der Waals surface area contributed by atoms with Crippen LogP contribution in [0.2, 0.25) is 5.02 Å². The molecule has 1 unspecified atom stereocenters. The molecule has 1 amide bonds. The molecule has 4 N–H and O–H groups in total. The van der Waals surface area contributed by atoms with E-state index in [1.165, 1.54) is 13.1 Å². The lowest BCUT2D eigenvalue weighted by Gasteiger charge is -2.40. The minimum absolute atomic E-state index is 0.00726. The van der Waals surface area contributed by atoms with Gasteiger partial charge in [0.2, 0.25) is 0 Å². The average Bonchev–Trinajstić information content (AvgIpc) is 2.94. The van der Waals surface area contributed by atoms with E-state index in [0.717, 1.165) is 24.6 Å². The molecular weight excluding hydrogens is 516 g/mol. The van der Waals surface area contributed by atoms with E-state index >= 15 is 8.78 Å². The van der Waals surface area contributed by atoms with Crippen molar-refractivity contribution in [3.63, 3.8) is 0 Å². The summed E-state index contributed by atoms with van der Waals surface area (Å²) in [5.74, 6) is -2.65. The van der Waals surface area contributed by atoms with E-state index < -0.39 is 28.8 Å². The minimum Gasteiger partial charge on any atom is -0.492 e. The van der Waals surface area contributed by atoms with Crippen LogP contribution in [0.15, 0.2) is 42.6 Å². The molecule has 202 valence electrons. The number of nitrogens with two attached hydrogens (primary N) is 1. The van der Waals surface area contributed by atoms with Gasteiger partial charge >= 0.3 is 0 Å². The van der Waals surface area contributed by atoms with Gasteiger partial charge in [-0.05, 0) is 31.4 Å².